The van der Waals surface area contributed by atoms with Crippen LogP contribution in [-0.4, -0.2) is 57.3 Å². The highest BCUT2D eigenvalue weighted by atomic mass is 16.2. The van der Waals surface area contributed by atoms with Crippen molar-refractivity contribution in [2.45, 2.75) is 39.2 Å². The third-order valence-corrected chi connectivity index (χ3v) is 4.82. The van der Waals surface area contributed by atoms with Crippen molar-refractivity contribution >= 4 is 11.8 Å². The Morgan fingerprint density at radius 2 is 2.12 bits per heavy atom. The van der Waals surface area contributed by atoms with Crippen LogP contribution in [0.5, 0.6) is 0 Å². The smallest absolute Gasteiger partial charge is 0.274 e. The average Bonchev–Trinajstić information content (AvgIpc) is 3.37. The summed E-state index contributed by atoms with van der Waals surface area (Å²) in [6.45, 7) is 5.88. The van der Waals surface area contributed by atoms with Gasteiger partial charge in [-0.05, 0) is 24.7 Å². The molecule has 1 aromatic rings. The molecule has 2 aliphatic rings. The van der Waals surface area contributed by atoms with E-state index in [1.165, 1.54) is 19.0 Å². The molecule has 1 atom stereocenters. The summed E-state index contributed by atoms with van der Waals surface area (Å²) in [6, 6.07) is 0.0207. The Balaban J connectivity index is 1.79. The number of nitrogens with zero attached hydrogens (tertiary/aromatic N) is 3. The zero-order valence-corrected chi connectivity index (χ0v) is 14.2. The molecule has 2 heterocycles. The maximum Gasteiger partial charge on any atom is 0.274 e. The second-order valence-corrected chi connectivity index (χ2v) is 7.10. The molecule has 0 radical (unpaired) electrons. The Bertz CT molecular complexity index is 660. The van der Waals surface area contributed by atoms with E-state index >= 15 is 0 Å². The van der Waals surface area contributed by atoms with Crippen LogP contribution in [0.15, 0.2) is 17.2 Å². The monoisotopic (exact) mass is 332 g/mol. The number of nitrogens with one attached hydrogen (secondary N) is 1. The molecule has 7 heteroatoms. The molecule has 2 fully saturated rings. The highest BCUT2D eigenvalue weighted by molar-refractivity contribution is 5.92. The highest BCUT2D eigenvalue weighted by Crippen LogP contribution is 2.32. The minimum atomic E-state index is -0.340. The molecule has 0 spiro atoms. The van der Waals surface area contributed by atoms with Gasteiger partial charge in [0, 0.05) is 32.3 Å². The maximum atomic E-state index is 12.7. The number of amides is 2. The summed E-state index contributed by atoms with van der Waals surface area (Å²) in [4.78, 5) is 46.4. The Morgan fingerprint density at radius 3 is 2.71 bits per heavy atom. The molecular formula is C17H24N4O3. The van der Waals surface area contributed by atoms with Gasteiger partial charge in [0.2, 0.25) is 5.91 Å². The second-order valence-electron chi connectivity index (χ2n) is 7.10. The van der Waals surface area contributed by atoms with Gasteiger partial charge in [-0.2, -0.15) is 0 Å². The van der Waals surface area contributed by atoms with Gasteiger partial charge in [0.25, 0.3) is 11.5 Å². The molecule has 24 heavy (non-hydrogen) atoms. The molecule has 0 bridgehead atoms. The van der Waals surface area contributed by atoms with Crippen molar-refractivity contribution in [2.75, 3.05) is 19.6 Å². The molecule has 0 aromatic carbocycles. The first-order valence-electron chi connectivity index (χ1n) is 8.59. The lowest BCUT2D eigenvalue weighted by Crippen LogP contribution is -2.48. The number of carbonyl (C=O) groups is 2. The fourth-order valence-electron chi connectivity index (χ4n) is 3.17. The Labute approximate surface area is 141 Å². The first-order chi connectivity index (χ1) is 11.5. The first-order valence-corrected chi connectivity index (χ1v) is 8.59. The number of H-pyrrole nitrogens is 1. The minimum absolute atomic E-state index is 0.0207. The lowest BCUT2D eigenvalue weighted by atomic mass is 10.0. The van der Waals surface area contributed by atoms with Gasteiger partial charge < -0.3 is 14.8 Å². The van der Waals surface area contributed by atoms with Crippen molar-refractivity contribution in [1.29, 1.82) is 0 Å². The molecule has 2 amide bonds. The molecular weight excluding hydrogens is 308 g/mol. The van der Waals surface area contributed by atoms with E-state index in [0.29, 0.717) is 25.4 Å². The van der Waals surface area contributed by atoms with Crippen molar-refractivity contribution in [3.63, 3.8) is 0 Å². The molecule has 1 aliphatic heterocycles. The molecule has 0 unspecified atom stereocenters. The summed E-state index contributed by atoms with van der Waals surface area (Å²) in [7, 11) is 0. The van der Waals surface area contributed by atoms with Crippen molar-refractivity contribution < 1.29 is 9.59 Å². The summed E-state index contributed by atoms with van der Waals surface area (Å²) in [5.41, 5.74) is -0.131. The zero-order valence-electron chi connectivity index (χ0n) is 14.2. The van der Waals surface area contributed by atoms with Crippen LogP contribution in [0.25, 0.3) is 0 Å². The maximum absolute atomic E-state index is 12.7. The second kappa shape index (κ2) is 6.75. The van der Waals surface area contributed by atoms with Crippen molar-refractivity contribution in [3.8, 4) is 0 Å². The summed E-state index contributed by atoms with van der Waals surface area (Å²) >= 11 is 0. The third kappa shape index (κ3) is 3.66. The molecule has 3 rings (SSSR count). The lowest BCUT2D eigenvalue weighted by molar-refractivity contribution is -0.133. The summed E-state index contributed by atoms with van der Waals surface area (Å²) in [6.07, 6.45) is 5.17. The summed E-state index contributed by atoms with van der Waals surface area (Å²) in [5, 5.41) is 0. The van der Waals surface area contributed by atoms with Crippen LogP contribution in [0, 0.1) is 11.8 Å². The van der Waals surface area contributed by atoms with Crippen LogP contribution in [0.2, 0.25) is 0 Å². The molecule has 1 saturated heterocycles. The molecule has 1 aliphatic carbocycles. The van der Waals surface area contributed by atoms with E-state index in [0.717, 1.165) is 12.7 Å². The fraction of sp³-hybridized carbons (Fsp3) is 0.647. The topological polar surface area (TPSA) is 86.4 Å². The van der Waals surface area contributed by atoms with Crippen LogP contribution < -0.4 is 5.56 Å². The predicted molar refractivity (Wildman–Crippen MR) is 88.4 cm³/mol. The van der Waals surface area contributed by atoms with Crippen LogP contribution in [0.4, 0.5) is 0 Å². The van der Waals surface area contributed by atoms with Crippen molar-refractivity contribution in [2.24, 2.45) is 11.8 Å². The molecule has 1 N–H and O–H groups in total. The fourth-order valence-corrected chi connectivity index (χ4v) is 3.17. The molecule has 1 aromatic heterocycles. The lowest BCUT2D eigenvalue weighted by Gasteiger charge is -2.34. The van der Waals surface area contributed by atoms with E-state index in [4.69, 9.17) is 0 Å². The normalized spacial score (nSPS) is 22.0. The van der Waals surface area contributed by atoms with Gasteiger partial charge in [0.1, 0.15) is 5.69 Å². The molecule has 7 nitrogen and oxygen atoms in total. The number of rotatable bonds is 4. The Kier molecular flexibility index (Phi) is 4.69. The first kappa shape index (κ1) is 16.7. The van der Waals surface area contributed by atoms with E-state index < -0.39 is 0 Å². The number of carbonyl (C=O) groups excluding carboxylic acids is 2. The van der Waals surface area contributed by atoms with Crippen LogP contribution in [-0.2, 0) is 4.79 Å². The van der Waals surface area contributed by atoms with E-state index in [-0.39, 0.29) is 35.0 Å². The average molecular weight is 332 g/mol. The SMILES string of the molecule is CC(C)[C@@H]1CN(C(=O)c2c[nH]c(=O)cn2)CCC(=O)N1CC1CC1. The summed E-state index contributed by atoms with van der Waals surface area (Å²) < 4.78 is 0. The van der Waals surface area contributed by atoms with E-state index in [9.17, 15) is 14.4 Å². The van der Waals surface area contributed by atoms with Gasteiger partial charge in [-0.3, -0.25) is 14.4 Å². The quantitative estimate of drug-likeness (QED) is 0.887. The minimum Gasteiger partial charge on any atom is -0.337 e. The van der Waals surface area contributed by atoms with Gasteiger partial charge >= 0.3 is 0 Å². The zero-order chi connectivity index (χ0) is 17.3. The van der Waals surface area contributed by atoms with Gasteiger partial charge in [0.15, 0.2) is 0 Å². The molecule has 1 saturated carbocycles. The van der Waals surface area contributed by atoms with Gasteiger partial charge in [-0.1, -0.05) is 13.8 Å². The Morgan fingerprint density at radius 1 is 1.38 bits per heavy atom. The van der Waals surface area contributed by atoms with Crippen molar-refractivity contribution in [3.05, 3.63) is 28.4 Å². The molecule has 130 valence electrons. The summed E-state index contributed by atoms with van der Waals surface area (Å²) in [5.74, 6) is 0.784. The van der Waals surface area contributed by atoms with Gasteiger partial charge in [0.05, 0.1) is 12.2 Å². The number of aromatic amines is 1. The van der Waals surface area contributed by atoms with E-state index in [1.807, 2.05) is 4.90 Å². The van der Waals surface area contributed by atoms with Crippen LogP contribution in [0.3, 0.4) is 0 Å². The number of aromatic nitrogens is 2. The largest absolute Gasteiger partial charge is 0.337 e. The van der Waals surface area contributed by atoms with Crippen molar-refractivity contribution in [1.82, 2.24) is 19.8 Å². The van der Waals surface area contributed by atoms with Crippen LogP contribution >= 0.6 is 0 Å². The van der Waals surface area contributed by atoms with Gasteiger partial charge in [-0.15, -0.1) is 0 Å². The van der Waals surface area contributed by atoms with Crippen LogP contribution in [0.1, 0.15) is 43.6 Å². The number of hydrogen-bond donors (Lipinski definition) is 1. The van der Waals surface area contributed by atoms with E-state index in [2.05, 4.69) is 23.8 Å². The Hall–Kier alpha value is -2.18. The van der Waals surface area contributed by atoms with Gasteiger partial charge in [-0.25, -0.2) is 4.98 Å². The standard InChI is InChI=1S/C17H24N4O3/c1-11(2)14-10-20(17(24)13-7-19-15(22)8-18-13)6-5-16(23)21(14)9-12-3-4-12/h7-8,11-12,14H,3-6,9-10H2,1-2H3,(H,19,22)/t14-/m0/s1. The predicted octanol–water partition coefficient (Wildman–Crippen LogP) is 0.879. The highest BCUT2D eigenvalue weighted by Gasteiger charge is 2.36. The third-order valence-electron chi connectivity index (χ3n) is 4.82. The van der Waals surface area contributed by atoms with E-state index in [1.54, 1.807) is 4.90 Å². The number of hydrogen-bond acceptors (Lipinski definition) is 4.